The van der Waals surface area contributed by atoms with Crippen LogP contribution in [-0.2, 0) is 13.6 Å². The third kappa shape index (κ3) is 2.86. The van der Waals surface area contributed by atoms with E-state index < -0.39 is 0 Å². The van der Waals surface area contributed by atoms with Gasteiger partial charge in [0.1, 0.15) is 11.5 Å². The number of benzene rings is 2. The van der Waals surface area contributed by atoms with Gasteiger partial charge in [-0.1, -0.05) is 48.5 Å². The molecule has 0 radical (unpaired) electrons. The summed E-state index contributed by atoms with van der Waals surface area (Å²) in [4.78, 5) is 17.0. The first-order chi connectivity index (χ1) is 12.6. The van der Waals surface area contributed by atoms with Crippen molar-refractivity contribution >= 4 is 16.8 Å². The first-order valence-corrected chi connectivity index (χ1v) is 8.43. The number of hydrogen-bond donors (Lipinski definition) is 2. The zero-order valence-corrected chi connectivity index (χ0v) is 14.7. The Bertz CT molecular complexity index is 1080. The Morgan fingerprint density at radius 2 is 1.96 bits per heavy atom. The van der Waals surface area contributed by atoms with Gasteiger partial charge in [-0.3, -0.25) is 9.89 Å². The molecule has 0 unspecified atom stereocenters. The maximum atomic E-state index is 12.6. The Balaban J connectivity index is 1.51. The summed E-state index contributed by atoms with van der Waals surface area (Å²) in [5, 5.41) is 11.1. The van der Waals surface area contributed by atoms with Gasteiger partial charge in [-0.05, 0) is 18.6 Å². The number of carbonyl (C=O) groups is 1. The number of fused-ring (bicyclic) bond motifs is 1. The van der Waals surface area contributed by atoms with Crippen LogP contribution in [0.2, 0.25) is 0 Å². The van der Waals surface area contributed by atoms with E-state index in [1.54, 1.807) is 0 Å². The highest BCUT2D eigenvalue weighted by Crippen LogP contribution is 2.22. The quantitative estimate of drug-likeness (QED) is 0.596. The van der Waals surface area contributed by atoms with E-state index in [0.717, 1.165) is 22.0 Å². The largest absolute Gasteiger partial charge is 0.343 e. The summed E-state index contributed by atoms with van der Waals surface area (Å²) in [6.45, 7) is 2.34. The summed E-state index contributed by atoms with van der Waals surface area (Å²) in [5.41, 5.74) is 3.78. The van der Waals surface area contributed by atoms with Crippen LogP contribution >= 0.6 is 0 Å². The summed E-state index contributed by atoms with van der Waals surface area (Å²) < 4.78 is 1.93. The summed E-state index contributed by atoms with van der Waals surface area (Å²) in [5.74, 6) is 1.10. The van der Waals surface area contributed by atoms with E-state index in [1.165, 1.54) is 0 Å². The summed E-state index contributed by atoms with van der Waals surface area (Å²) in [6, 6.07) is 17.7. The van der Waals surface area contributed by atoms with Gasteiger partial charge in [0.2, 0.25) is 0 Å². The molecule has 4 rings (SSSR count). The van der Waals surface area contributed by atoms with Crippen molar-refractivity contribution in [1.82, 2.24) is 25.1 Å². The van der Waals surface area contributed by atoms with Crippen LogP contribution in [-0.4, -0.2) is 25.7 Å². The highest BCUT2D eigenvalue weighted by molar-refractivity contribution is 5.99. The maximum absolute atomic E-state index is 12.6. The number of aryl methyl sites for hydroxylation is 2. The number of hydrogen-bond acceptors (Lipinski definition) is 3. The number of aromatic nitrogens is 4. The average Bonchev–Trinajstić information content (AvgIpc) is 3.26. The van der Waals surface area contributed by atoms with Gasteiger partial charge in [-0.25, -0.2) is 4.98 Å². The molecule has 6 nitrogen and oxygen atoms in total. The maximum Gasteiger partial charge on any atom is 0.268 e. The lowest BCUT2D eigenvalue weighted by atomic mass is 10.2. The number of rotatable bonds is 4. The van der Waals surface area contributed by atoms with E-state index in [2.05, 4.69) is 20.5 Å². The molecule has 4 aromatic rings. The molecule has 1 amide bonds. The van der Waals surface area contributed by atoms with Crippen LogP contribution in [0.3, 0.4) is 0 Å². The lowest BCUT2D eigenvalue weighted by molar-refractivity contribution is 0.0942. The van der Waals surface area contributed by atoms with Crippen LogP contribution in [0, 0.1) is 6.92 Å². The van der Waals surface area contributed by atoms with Crippen molar-refractivity contribution in [2.24, 2.45) is 7.05 Å². The lowest BCUT2D eigenvalue weighted by Gasteiger charge is -2.06. The van der Waals surface area contributed by atoms with Crippen molar-refractivity contribution in [2.45, 2.75) is 13.5 Å². The molecule has 6 heteroatoms. The van der Waals surface area contributed by atoms with Crippen LogP contribution in [0.25, 0.3) is 22.3 Å². The van der Waals surface area contributed by atoms with Gasteiger partial charge in [-0.2, -0.15) is 5.10 Å². The molecule has 0 spiro atoms. The normalized spacial score (nSPS) is 11.0. The van der Waals surface area contributed by atoms with Crippen LogP contribution in [0.4, 0.5) is 0 Å². The second-order valence-electron chi connectivity index (χ2n) is 6.26. The molecule has 0 atom stereocenters. The van der Waals surface area contributed by atoms with E-state index in [0.29, 0.717) is 23.9 Å². The Hall–Kier alpha value is -3.41. The molecule has 130 valence electrons. The number of aromatic amines is 1. The Morgan fingerprint density at radius 3 is 2.73 bits per heavy atom. The number of carbonyl (C=O) groups excluding carboxylic acids is 1. The van der Waals surface area contributed by atoms with E-state index in [-0.39, 0.29) is 5.91 Å². The van der Waals surface area contributed by atoms with Crippen molar-refractivity contribution in [3.63, 3.8) is 0 Å². The van der Waals surface area contributed by atoms with Crippen LogP contribution in [0.1, 0.15) is 21.9 Å². The zero-order chi connectivity index (χ0) is 18.1. The molecule has 0 saturated heterocycles. The van der Waals surface area contributed by atoms with E-state index >= 15 is 0 Å². The topological polar surface area (TPSA) is 75.6 Å². The minimum absolute atomic E-state index is 0.138. The van der Waals surface area contributed by atoms with Crippen molar-refractivity contribution in [2.75, 3.05) is 0 Å². The van der Waals surface area contributed by atoms with E-state index in [9.17, 15) is 4.79 Å². The van der Waals surface area contributed by atoms with Gasteiger partial charge in [-0.15, -0.1) is 0 Å². The Morgan fingerprint density at radius 1 is 1.15 bits per heavy atom. The molecule has 2 aromatic heterocycles. The van der Waals surface area contributed by atoms with Crippen molar-refractivity contribution < 1.29 is 4.79 Å². The highest BCUT2D eigenvalue weighted by Gasteiger charge is 2.15. The highest BCUT2D eigenvalue weighted by atomic mass is 16.1. The predicted octanol–water partition coefficient (Wildman–Crippen LogP) is 3.20. The fraction of sp³-hybridized carbons (Fsp3) is 0.150. The summed E-state index contributed by atoms with van der Waals surface area (Å²) >= 11 is 0. The second-order valence-corrected chi connectivity index (χ2v) is 6.26. The van der Waals surface area contributed by atoms with E-state index in [1.807, 2.05) is 73.1 Å². The molecule has 0 aliphatic heterocycles. The minimum atomic E-state index is -0.138. The van der Waals surface area contributed by atoms with Gasteiger partial charge >= 0.3 is 0 Å². The van der Waals surface area contributed by atoms with Gasteiger partial charge in [0.05, 0.1) is 12.1 Å². The summed E-state index contributed by atoms with van der Waals surface area (Å²) in [7, 11) is 1.91. The molecule has 0 bridgehead atoms. The standard InChI is InChI=1S/C20H19N5O/c1-13-7-6-10-15-11-16(25(2)18(13)15)20(26)21-12-17-22-19(24-23-17)14-8-4-3-5-9-14/h3-11H,12H2,1-2H3,(H,21,26)(H,22,23,24). The second kappa shape index (κ2) is 6.48. The van der Waals surface area contributed by atoms with Crippen LogP contribution in [0.15, 0.2) is 54.6 Å². The minimum Gasteiger partial charge on any atom is -0.343 e. The number of nitrogens with zero attached hydrogens (tertiary/aromatic N) is 3. The lowest BCUT2D eigenvalue weighted by Crippen LogP contribution is -2.25. The molecule has 0 aliphatic rings. The number of amides is 1. The fourth-order valence-corrected chi connectivity index (χ4v) is 3.18. The van der Waals surface area contributed by atoms with Crippen molar-refractivity contribution in [3.8, 4) is 11.4 Å². The monoisotopic (exact) mass is 345 g/mol. The van der Waals surface area contributed by atoms with Gasteiger partial charge in [0, 0.05) is 18.0 Å². The van der Waals surface area contributed by atoms with Gasteiger partial charge in [0.25, 0.3) is 5.91 Å². The number of para-hydroxylation sites is 1. The third-order valence-electron chi connectivity index (χ3n) is 4.47. The first kappa shape index (κ1) is 16.1. The SMILES string of the molecule is Cc1cccc2cc(C(=O)NCc3nc(-c4ccccc4)n[nH]3)n(C)c12. The zero-order valence-electron chi connectivity index (χ0n) is 14.7. The van der Waals surface area contributed by atoms with Gasteiger partial charge < -0.3 is 9.88 Å². The molecular formula is C20H19N5O. The Kier molecular flexibility index (Phi) is 4.01. The predicted molar refractivity (Wildman–Crippen MR) is 101 cm³/mol. The number of nitrogens with one attached hydrogen (secondary N) is 2. The Labute approximate surface area is 150 Å². The van der Waals surface area contributed by atoms with Crippen molar-refractivity contribution in [3.05, 3.63) is 71.7 Å². The molecular weight excluding hydrogens is 326 g/mol. The molecule has 2 aromatic carbocycles. The average molecular weight is 345 g/mol. The molecule has 26 heavy (non-hydrogen) atoms. The first-order valence-electron chi connectivity index (χ1n) is 8.43. The van der Waals surface area contributed by atoms with Crippen molar-refractivity contribution in [1.29, 1.82) is 0 Å². The van der Waals surface area contributed by atoms with E-state index in [4.69, 9.17) is 0 Å². The summed E-state index contributed by atoms with van der Waals surface area (Å²) in [6.07, 6.45) is 0. The van der Waals surface area contributed by atoms with Gasteiger partial charge in [0.15, 0.2) is 5.82 Å². The van der Waals surface area contributed by atoms with Crippen LogP contribution in [0.5, 0.6) is 0 Å². The van der Waals surface area contributed by atoms with Crippen LogP contribution < -0.4 is 5.32 Å². The fourth-order valence-electron chi connectivity index (χ4n) is 3.18. The molecule has 2 N–H and O–H groups in total. The molecule has 0 saturated carbocycles. The molecule has 2 heterocycles. The molecule has 0 fully saturated rings. The smallest absolute Gasteiger partial charge is 0.268 e. The molecule has 0 aliphatic carbocycles. The third-order valence-corrected chi connectivity index (χ3v) is 4.47. The number of H-pyrrole nitrogens is 1.